The molecule has 0 N–H and O–H groups in total. The first-order chi connectivity index (χ1) is 32.6. The largest absolute Gasteiger partial charge is 0.376 e. The van der Waals surface area contributed by atoms with Gasteiger partial charge in [-0.1, -0.05) is 179 Å². The molecule has 6 aliphatic rings. The van der Waals surface area contributed by atoms with Gasteiger partial charge < -0.3 is 9.71 Å². The number of benzene rings is 9. The topological polar surface area (TPSA) is 6.48 Å². The van der Waals surface area contributed by atoms with Crippen molar-refractivity contribution in [2.75, 3.05) is 9.71 Å². The van der Waals surface area contributed by atoms with Crippen LogP contribution in [0.15, 0.2) is 189 Å². The van der Waals surface area contributed by atoms with Gasteiger partial charge in [0.15, 0.2) is 8.07 Å². The smallest absolute Gasteiger partial charge is 0.333 e. The van der Waals surface area contributed by atoms with E-state index >= 15 is 0 Å². The van der Waals surface area contributed by atoms with E-state index in [-0.39, 0.29) is 17.7 Å². The fraction of sp³-hybridized carbons (Fsp3) is 0.148. The van der Waals surface area contributed by atoms with Crippen LogP contribution in [0.1, 0.15) is 57.2 Å². The molecule has 0 aromatic heterocycles. The molecular formula is C61H47BN2S2Si. The molecule has 320 valence electrons. The van der Waals surface area contributed by atoms with Gasteiger partial charge in [-0.05, 0) is 143 Å². The number of hydrogen-bond donors (Lipinski definition) is 0. The quantitative estimate of drug-likeness (QED) is 0.151. The number of para-hydroxylation sites is 2. The van der Waals surface area contributed by atoms with Crippen molar-refractivity contribution in [3.8, 4) is 22.3 Å². The fourth-order valence-corrected chi connectivity index (χ4v) is 21.3. The lowest BCUT2D eigenvalue weighted by atomic mass is 9.43. The minimum absolute atomic E-state index is 0.0584. The third-order valence-electron chi connectivity index (χ3n) is 16.6. The molecule has 9 aromatic rings. The molecule has 0 radical (unpaired) electrons. The summed E-state index contributed by atoms with van der Waals surface area (Å²) in [6, 6.07) is 66.8. The molecule has 1 spiro atoms. The number of rotatable bonds is 1. The standard InChI is InChI=1S/C61H47BN2S2Si/c1-36-31-43-44(61(4,5)30-29-60(43,2)3)33-47(36)63-48-35-52-51(65-49-23-11-12-24-50(49)66-52)34-45(48)62-57-42(32-37-17-6-7-18-38(37)59(57)63)41-21-16-28-56-58(41)64(62)46-22-10-15-27-55(46)67(56)53-25-13-8-19-39(53)40-20-9-14-26-54(40)67/h6-28,31-35H,29-30H2,1-5H3. The van der Waals surface area contributed by atoms with Crippen molar-refractivity contribution in [2.45, 2.75) is 77.9 Å². The predicted molar refractivity (Wildman–Crippen MR) is 289 cm³/mol. The molecule has 6 heteroatoms. The van der Waals surface area contributed by atoms with Gasteiger partial charge in [0, 0.05) is 53.3 Å². The minimum Gasteiger partial charge on any atom is -0.376 e. The van der Waals surface area contributed by atoms with Crippen LogP contribution in [0.3, 0.4) is 0 Å². The van der Waals surface area contributed by atoms with Gasteiger partial charge in [-0.15, -0.1) is 0 Å². The molecular weight excluding hydrogens is 864 g/mol. The minimum atomic E-state index is -2.80. The van der Waals surface area contributed by atoms with Crippen LogP contribution < -0.4 is 41.4 Å². The molecule has 1 aliphatic carbocycles. The molecule has 0 saturated heterocycles. The molecule has 0 saturated carbocycles. The van der Waals surface area contributed by atoms with Crippen LogP contribution in [0.4, 0.5) is 28.4 Å². The van der Waals surface area contributed by atoms with E-state index < -0.39 is 8.07 Å². The SMILES string of the molecule is Cc1cc2c(cc1N1c3cc4c(cc3B3c5c(cc6ccccc6c51)-c1cccc5c1N3c1ccccc1[Si]51c3ccccc3-c3ccccc31)Sc1ccccc1S4)C(C)(C)CCC2(C)C. The summed E-state index contributed by atoms with van der Waals surface area (Å²) < 4.78 is 0. The van der Waals surface area contributed by atoms with Crippen LogP contribution in [0.2, 0.25) is 0 Å². The second-order valence-electron chi connectivity index (χ2n) is 21.0. The lowest BCUT2D eigenvalue weighted by molar-refractivity contribution is 0.332. The molecule has 0 amide bonds. The number of aryl methyl sites for hydroxylation is 1. The second-order valence-corrected chi connectivity index (χ2v) is 26.9. The van der Waals surface area contributed by atoms with Gasteiger partial charge in [-0.3, -0.25) is 0 Å². The van der Waals surface area contributed by atoms with Gasteiger partial charge in [0.05, 0.1) is 5.69 Å². The van der Waals surface area contributed by atoms with E-state index in [0.717, 1.165) is 0 Å². The van der Waals surface area contributed by atoms with Gasteiger partial charge in [0.2, 0.25) is 0 Å². The first-order valence-electron chi connectivity index (χ1n) is 24.0. The van der Waals surface area contributed by atoms with E-state index in [0.29, 0.717) is 0 Å². The van der Waals surface area contributed by atoms with Crippen LogP contribution in [-0.2, 0) is 10.8 Å². The van der Waals surface area contributed by atoms with Gasteiger partial charge in [-0.25, -0.2) is 0 Å². The van der Waals surface area contributed by atoms with Crippen LogP contribution in [-0.4, -0.2) is 14.9 Å². The Hall–Kier alpha value is -6.18. The van der Waals surface area contributed by atoms with E-state index in [1.165, 1.54) is 142 Å². The maximum atomic E-state index is 2.82. The Morgan fingerprint density at radius 1 is 0.478 bits per heavy atom. The molecule has 0 fully saturated rings. The lowest BCUT2D eigenvalue weighted by Crippen LogP contribution is -2.78. The first kappa shape index (κ1) is 38.9. The summed E-state index contributed by atoms with van der Waals surface area (Å²) in [6.45, 7) is 12.2. The molecule has 2 nitrogen and oxygen atoms in total. The Kier molecular flexibility index (Phi) is 7.71. The summed E-state index contributed by atoms with van der Waals surface area (Å²) in [6.07, 6.45) is 2.37. The van der Waals surface area contributed by atoms with Crippen LogP contribution in [0, 0.1) is 6.92 Å². The number of fused-ring (bicyclic) bond motifs is 18. The highest BCUT2D eigenvalue weighted by molar-refractivity contribution is 8.05. The van der Waals surface area contributed by atoms with E-state index in [1.54, 1.807) is 0 Å². The van der Waals surface area contributed by atoms with Gasteiger partial charge in [-0.2, -0.15) is 0 Å². The summed E-state index contributed by atoms with van der Waals surface area (Å²) in [5.41, 5.74) is 19.4. The summed E-state index contributed by atoms with van der Waals surface area (Å²) in [4.78, 5) is 10.9. The van der Waals surface area contributed by atoms with Crippen molar-refractivity contribution >= 4 is 109 Å². The van der Waals surface area contributed by atoms with E-state index in [2.05, 4.69) is 214 Å². The molecule has 0 atom stereocenters. The van der Waals surface area contributed by atoms with Crippen molar-refractivity contribution < 1.29 is 0 Å². The van der Waals surface area contributed by atoms with Crippen LogP contribution in [0.5, 0.6) is 0 Å². The maximum Gasteiger partial charge on any atom is 0.333 e. The third-order valence-corrected chi connectivity index (χ3v) is 24.1. The molecule has 15 rings (SSSR count). The zero-order valence-corrected chi connectivity index (χ0v) is 41.0. The highest BCUT2D eigenvalue weighted by atomic mass is 32.2. The Balaban J connectivity index is 1.10. The van der Waals surface area contributed by atoms with Crippen molar-refractivity contribution in [3.63, 3.8) is 0 Å². The Bertz CT molecular complexity index is 3680. The molecule has 67 heavy (non-hydrogen) atoms. The monoisotopic (exact) mass is 910 g/mol. The number of hydrogen-bond acceptors (Lipinski definition) is 4. The third kappa shape index (κ3) is 4.91. The van der Waals surface area contributed by atoms with E-state index in [1.807, 2.05) is 23.5 Å². The van der Waals surface area contributed by atoms with Gasteiger partial charge in [0.1, 0.15) is 0 Å². The zero-order valence-electron chi connectivity index (χ0n) is 38.4. The highest BCUT2D eigenvalue weighted by Crippen LogP contribution is 2.56. The first-order valence-corrected chi connectivity index (χ1v) is 27.6. The molecule has 0 bridgehead atoms. The summed E-state index contributed by atoms with van der Waals surface area (Å²) >= 11 is 3.87. The molecule has 5 aliphatic heterocycles. The Labute approximate surface area is 403 Å². The maximum absolute atomic E-state index is 2.82. The lowest BCUT2D eigenvalue weighted by Gasteiger charge is -2.52. The Morgan fingerprint density at radius 2 is 1.06 bits per heavy atom. The van der Waals surface area contributed by atoms with Gasteiger partial charge >= 0.3 is 6.85 Å². The van der Waals surface area contributed by atoms with Crippen molar-refractivity contribution in [1.82, 2.24) is 0 Å². The zero-order chi connectivity index (χ0) is 44.7. The average molecular weight is 911 g/mol. The van der Waals surface area contributed by atoms with Gasteiger partial charge in [0.25, 0.3) is 0 Å². The molecule has 5 heterocycles. The van der Waals surface area contributed by atoms with Crippen molar-refractivity contribution in [1.29, 1.82) is 0 Å². The van der Waals surface area contributed by atoms with Crippen molar-refractivity contribution in [2.24, 2.45) is 0 Å². The normalized spacial score (nSPS) is 17.4. The van der Waals surface area contributed by atoms with E-state index in [4.69, 9.17) is 0 Å². The average Bonchev–Trinajstić information content (AvgIpc) is 3.64. The summed E-state index contributed by atoms with van der Waals surface area (Å²) in [7, 11) is -2.80. The summed E-state index contributed by atoms with van der Waals surface area (Å²) in [5, 5.41) is 8.58. The second kappa shape index (κ2) is 13.3. The van der Waals surface area contributed by atoms with E-state index in [9.17, 15) is 0 Å². The molecule has 9 aromatic carbocycles. The van der Waals surface area contributed by atoms with Crippen LogP contribution in [0.25, 0.3) is 33.0 Å². The number of nitrogens with zero attached hydrogens (tertiary/aromatic N) is 2. The summed E-state index contributed by atoms with van der Waals surface area (Å²) in [5.74, 6) is 0. The highest BCUT2D eigenvalue weighted by Gasteiger charge is 2.58. The van der Waals surface area contributed by atoms with Crippen molar-refractivity contribution in [3.05, 3.63) is 187 Å². The predicted octanol–water partition coefficient (Wildman–Crippen LogP) is 12.5. The Morgan fingerprint density at radius 3 is 1.79 bits per heavy atom. The fourth-order valence-electron chi connectivity index (χ4n) is 13.5. The van der Waals surface area contributed by atoms with Crippen LogP contribution >= 0.6 is 23.5 Å². The molecule has 0 unspecified atom stereocenters. The number of anilines is 5.